The second-order valence-corrected chi connectivity index (χ2v) is 8.07. The van der Waals surface area contributed by atoms with E-state index in [0.29, 0.717) is 15.8 Å². The van der Waals surface area contributed by atoms with Crippen molar-refractivity contribution in [2.75, 3.05) is 6.61 Å². The molecule has 28 heavy (non-hydrogen) atoms. The highest BCUT2D eigenvalue weighted by Gasteiger charge is 2.64. The van der Waals surface area contributed by atoms with Crippen molar-refractivity contribution in [2.24, 2.45) is 5.10 Å². The summed E-state index contributed by atoms with van der Waals surface area (Å²) in [6.45, 7) is 2.82. The Kier molecular flexibility index (Phi) is 4.03. The van der Waals surface area contributed by atoms with Gasteiger partial charge in [-0.15, -0.1) is 0 Å². The van der Waals surface area contributed by atoms with Gasteiger partial charge in [-0.05, 0) is 25.1 Å². The summed E-state index contributed by atoms with van der Waals surface area (Å²) in [7, 11) is -4.18. The van der Waals surface area contributed by atoms with Crippen molar-refractivity contribution >= 4 is 27.7 Å². The molecule has 146 valence electrons. The summed E-state index contributed by atoms with van der Waals surface area (Å²) in [4.78, 5) is 25.2. The van der Waals surface area contributed by atoms with E-state index >= 15 is 0 Å². The maximum absolute atomic E-state index is 13.2. The van der Waals surface area contributed by atoms with Crippen molar-refractivity contribution in [3.63, 3.8) is 0 Å². The predicted molar refractivity (Wildman–Crippen MR) is 96.5 cm³/mol. The predicted octanol–water partition coefficient (Wildman–Crippen LogP) is 2.25. The van der Waals surface area contributed by atoms with E-state index in [9.17, 15) is 18.0 Å². The van der Waals surface area contributed by atoms with Crippen LogP contribution in [0.4, 0.5) is 4.79 Å². The number of hydrazone groups is 1. The first-order chi connectivity index (χ1) is 13.3. The largest absolute Gasteiger partial charge is 0.463 e. The fourth-order valence-electron chi connectivity index (χ4n) is 3.73. The monoisotopic (exact) mass is 403 g/mol. The van der Waals surface area contributed by atoms with Gasteiger partial charge in [-0.2, -0.15) is 10.1 Å². The molecule has 2 aliphatic heterocycles. The summed E-state index contributed by atoms with van der Waals surface area (Å²) in [6, 6.07) is 9.49. The van der Waals surface area contributed by atoms with Gasteiger partial charge in [0.25, 0.3) is 10.0 Å². The van der Waals surface area contributed by atoms with E-state index < -0.39 is 27.7 Å². The molecule has 1 spiro atoms. The van der Waals surface area contributed by atoms with Gasteiger partial charge in [0.05, 0.1) is 17.8 Å². The number of sulfonamides is 1. The Bertz CT molecular complexity index is 1090. The average Bonchev–Trinajstić information content (AvgIpc) is 3.33. The molecule has 0 aliphatic carbocycles. The number of hydrogen-bond acceptors (Lipinski definition) is 7. The van der Waals surface area contributed by atoms with Crippen LogP contribution in [0, 0.1) is 0 Å². The lowest BCUT2D eigenvalue weighted by atomic mass is 9.93. The van der Waals surface area contributed by atoms with Crippen LogP contribution < -0.4 is 0 Å². The normalized spacial score (nSPS) is 22.3. The van der Waals surface area contributed by atoms with Gasteiger partial charge in [-0.3, -0.25) is 4.79 Å². The molecule has 1 atom stereocenters. The number of rotatable bonds is 2. The van der Waals surface area contributed by atoms with Crippen LogP contribution in [0.5, 0.6) is 0 Å². The fraction of sp³-hybridized carbons (Fsp3) is 0.278. The summed E-state index contributed by atoms with van der Waals surface area (Å²) in [5.74, 6) is -0.363. The molecule has 2 aliphatic rings. The first kappa shape index (κ1) is 18.2. The van der Waals surface area contributed by atoms with Crippen molar-refractivity contribution < 1.29 is 27.2 Å². The van der Waals surface area contributed by atoms with Gasteiger partial charge in [0.1, 0.15) is 11.5 Å². The molecule has 0 bridgehead atoms. The minimum atomic E-state index is -4.18. The van der Waals surface area contributed by atoms with Crippen molar-refractivity contribution in [3.05, 3.63) is 54.0 Å². The van der Waals surface area contributed by atoms with Crippen LogP contribution in [0.2, 0.25) is 0 Å². The molecule has 1 aromatic heterocycles. The highest BCUT2D eigenvalue weighted by atomic mass is 32.2. The lowest BCUT2D eigenvalue weighted by Gasteiger charge is -2.37. The number of amides is 2. The van der Waals surface area contributed by atoms with Gasteiger partial charge in [-0.25, -0.2) is 17.5 Å². The van der Waals surface area contributed by atoms with E-state index in [2.05, 4.69) is 5.10 Å². The minimum absolute atomic E-state index is 0.0459. The number of carbonyl (C=O) groups excluding carboxylic acids is 2. The summed E-state index contributed by atoms with van der Waals surface area (Å²) < 4.78 is 37.5. The Labute approximate surface area is 161 Å². The lowest BCUT2D eigenvalue weighted by molar-refractivity contribution is -0.132. The maximum atomic E-state index is 13.2. The van der Waals surface area contributed by atoms with Gasteiger partial charge in [0, 0.05) is 18.9 Å². The average molecular weight is 403 g/mol. The van der Waals surface area contributed by atoms with E-state index in [1.54, 1.807) is 37.3 Å². The van der Waals surface area contributed by atoms with Crippen molar-refractivity contribution in [2.45, 2.75) is 30.8 Å². The third-order valence-electron chi connectivity index (χ3n) is 4.69. The molecular weight excluding hydrogens is 386 g/mol. The number of nitrogens with zero attached hydrogens (tertiary/aromatic N) is 3. The number of fused-ring (bicyclic) bond motifs is 2. The first-order valence-electron chi connectivity index (χ1n) is 8.58. The topological polar surface area (TPSA) is 109 Å². The summed E-state index contributed by atoms with van der Waals surface area (Å²) in [5.41, 5.74) is -1.07. The molecule has 2 aromatic rings. The molecule has 0 saturated heterocycles. The van der Waals surface area contributed by atoms with Crippen molar-refractivity contribution in [3.8, 4) is 0 Å². The van der Waals surface area contributed by atoms with Crippen LogP contribution in [0.1, 0.15) is 31.6 Å². The summed E-state index contributed by atoms with van der Waals surface area (Å²) in [5, 5.41) is 5.23. The van der Waals surface area contributed by atoms with Crippen LogP contribution in [-0.2, 0) is 25.2 Å². The third-order valence-corrected chi connectivity index (χ3v) is 6.64. The standard InChI is InChI=1S/C18H17N3O6S/c1-3-26-17(23)20-18(11-14(19-20)15-8-6-10-27-15)13-7-4-5-9-16(13)28(24,25)21(18)12(2)22/h4-10H,3,11H2,1-2H3. The molecule has 0 radical (unpaired) electrons. The molecule has 0 saturated carbocycles. The molecule has 3 heterocycles. The van der Waals surface area contributed by atoms with Crippen LogP contribution >= 0.6 is 0 Å². The second kappa shape index (κ2) is 6.20. The molecule has 2 amide bonds. The molecule has 0 N–H and O–H groups in total. The number of benzene rings is 1. The van der Waals surface area contributed by atoms with Crippen LogP contribution in [0.25, 0.3) is 0 Å². The number of carbonyl (C=O) groups is 2. The Morgan fingerprint density at radius 3 is 2.64 bits per heavy atom. The molecule has 9 nitrogen and oxygen atoms in total. The first-order valence-corrected chi connectivity index (χ1v) is 10.0. The van der Waals surface area contributed by atoms with E-state index in [1.807, 2.05) is 0 Å². The van der Waals surface area contributed by atoms with Gasteiger partial charge in [0.2, 0.25) is 5.91 Å². The quantitative estimate of drug-likeness (QED) is 0.761. The molecule has 0 fully saturated rings. The van der Waals surface area contributed by atoms with E-state index in [0.717, 1.165) is 11.9 Å². The number of ether oxygens (including phenoxy) is 1. The minimum Gasteiger partial charge on any atom is -0.463 e. The number of furan rings is 1. The van der Waals surface area contributed by atoms with Gasteiger partial charge in [0.15, 0.2) is 5.66 Å². The van der Waals surface area contributed by atoms with Gasteiger partial charge >= 0.3 is 6.09 Å². The molecule has 10 heteroatoms. The third kappa shape index (κ3) is 2.30. The lowest BCUT2D eigenvalue weighted by Crippen LogP contribution is -2.55. The zero-order chi connectivity index (χ0) is 20.1. The molecule has 1 aromatic carbocycles. The highest BCUT2D eigenvalue weighted by molar-refractivity contribution is 7.90. The Morgan fingerprint density at radius 2 is 2.00 bits per heavy atom. The smallest absolute Gasteiger partial charge is 0.432 e. The second-order valence-electron chi connectivity index (χ2n) is 6.31. The Balaban J connectivity index is 1.99. The molecular formula is C18H17N3O6S. The van der Waals surface area contributed by atoms with Crippen LogP contribution in [0.3, 0.4) is 0 Å². The van der Waals surface area contributed by atoms with Crippen LogP contribution in [0.15, 0.2) is 57.1 Å². The summed E-state index contributed by atoms with van der Waals surface area (Å²) >= 11 is 0. The van der Waals surface area contributed by atoms with Crippen LogP contribution in [-0.4, -0.2) is 42.1 Å². The zero-order valence-electron chi connectivity index (χ0n) is 15.2. The Morgan fingerprint density at radius 1 is 1.25 bits per heavy atom. The zero-order valence-corrected chi connectivity index (χ0v) is 16.0. The highest BCUT2D eigenvalue weighted by Crippen LogP contribution is 2.52. The molecule has 4 rings (SSSR count). The van der Waals surface area contributed by atoms with Crippen molar-refractivity contribution in [1.82, 2.24) is 9.31 Å². The van der Waals surface area contributed by atoms with Crippen molar-refractivity contribution in [1.29, 1.82) is 0 Å². The SMILES string of the molecule is CCOC(=O)N1N=C(c2ccco2)CC12c1ccccc1S(=O)(=O)N2C(C)=O. The van der Waals surface area contributed by atoms with E-state index in [-0.39, 0.29) is 23.5 Å². The summed E-state index contributed by atoms with van der Waals surface area (Å²) in [6.07, 6.45) is 0.525. The maximum Gasteiger partial charge on any atom is 0.432 e. The van der Waals surface area contributed by atoms with E-state index in [4.69, 9.17) is 9.15 Å². The van der Waals surface area contributed by atoms with E-state index in [1.165, 1.54) is 12.3 Å². The fourth-order valence-corrected chi connectivity index (χ4v) is 5.66. The van der Waals surface area contributed by atoms with Gasteiger partial charge in [-0.1, -0.05) is 18.2 Å². The molecule has 1 unspecified atom stereocenters. The van der Waals surface area contributed by atoms with Gasteiger partial charge < -0.3 is 9.15 Å². The Hall–Kier alpha value is -3.14. The number of hydrogen-bond donors (Lipinski definition) is 0.